The van der Waals surface area contributed by atoms with Crippen LogP contribution in [0.15, 0.2) is 70.6 Å². The zero-order valence-corrected chi connectivity index (χ0v) is 13.5. The van der Waals surface area contributed by atoms with Gasteiger partial charge in [0.15, 0.2) is 0 Å². The number of carbonyl (C=O) groups excluding carboxylic acids is 1. The van der Waals surface area contributed by atoms with Crippen LogP contribution >= 0.6 is 23.4 Å². The highest BCUT2D eigenvalue weighted by Crippen LogP contribution is 2.30. The third kappa shape index (κ3) is 4.66. The van der Waals surface area contributed by atoms with Gasteiger partial charge in [0, 0.05) is 35.8 Å². The van der Waals surface area contributed by atoms with E-state index < -0.39 is 0 Å². The average molecular weight is 318 g/mol. The molecule has 0 heterocycles. The second-order valence-corrected chi connectivity index (χ2v) is 6.26. The molecule has 2 aromatic carbocycles. The van der Waals surface area contributed by atoms with Gasteiger partial charge >= 0.3 is 0 Å². The second-order valence-electron chi connectivity index (χ2n) is 4.71. The highest BCUT2D eigenvalue weighted by molar-refractivity contribution is 8.04. The van der Waals surface area contributed by atoms with E-state index >= 15 is 0 Å². The Morgan fingerprint density at radius 2 is 1.67 bits per heavy atom. The number of benzene rings is 2. The minimum atomic E-state index is 0.0178. The molecule has 0 aromatic heterocycles. The van der Waals surface area contributed by atoms with Crippen LogP contribution in [-0.2, 0) is 0 Å². The Kier molecular flexibility index (Phi) is 5.48. The Hall–Kier alpha value is -1.71. The molecule has 2 rings (SSSR count). The molecule has 0 N–H and O–H groups in total. The van der Waals surface area contributed by atoms with Crippen LogP contribution < -0.4 is 0 Å². The summed E-state index contributed by atoms with van der Waals surface area (Å²) in [5, 5.41) is 0.687. The van der Waals surface area contributed by atoms with Crippen LogP contribution in [0.1, 0.15) is 10.4 Å². The number of carbonyl (C=O) groups is 1. The number of Topliss-reactive ketones (excluding diaryl/α,β-unsaturated/α-hetero) is 1. The summed E-state index contributed by atoms with van der Waals surface area (Å²) < 4.78 is 0. The van der Waals surface area contributed by atoms with Crippen LogP contribution in [-0.4, -0.2) is 24.8 Å². The lowest BCUT2D eigenvalue weighted by atomic mass is 10.1. The second kappa shape index (κ2) is 7.34. The van der Waals surface area contributed by atoms with Gasteiger partial charge < -0.3 is 4.90 Å². The zero-order valence-electron chi connectivity index (χ0n) is 11.9. The van der Waals surface area contributed by atoms with Crippen LogP contribution in [0, 0.1) is 0 Å². The minimum absolute atomic E-state index is 0.0178. The summed E-state index contributed by atoms with van der Waals surface area (Å²) in [6.45, 7) is 0. The standard InChI is InChI=1S/C17H16ClNOS/c1-19(2)12-16(17(20)13-6-4-3-5-7-13)21-15-10-8-14(18)9-11-15/h3-12H,1-2H3/b16-12-. The van der Waals surface area contributed by atoms with Crippen LogP contribution in [0.3, 0.4) is 0 Å². The fraction of sp³-hybridized carbons (Fsp3) is 0.118. The van der Waals surface area contributed by atoms with E-state index in [9.17, 15) is 4.79 Å². The number of hydrogen-bond donors (Lipinski definition) is 0. The summed E-state index contributed by atoms with van der Waals surface area (Å²) in [4.78, 5) is 16.1. The van der Waals surface area contributed by atoms with Crippen molar-refractivity contribution in [3.8, 4) is 0 Å². The minimum Gasteiger partial charge on any atom is -0.382 e. The highest BCUT2D eigenvalue weighted by atomic mass is 35.5. The first-order valence-corrected chi connectivity index (χ1v) is 7.67. The number of hydrogen-bond acceptors (Lipinski definition) is 3. The van der Waals surface area contributed by atoms with E-state index in [0.29, 0.717) is 15.5 Å². The molecular weight excluding hydrogens is 302 g/mol. The van der Waals surface area contributed by atoms with E-state index in [2.05, 4.69) is 0 Å². The Morgan fingerprint density at radius 1 is 1.05 bits per heavy atom. The Morgan fingerprint density at radius 3 is 2.24 bits per heavy atom. The lowest BCUT2D eigenvalue weighted by Gasteiger charge is -2.11. The first kappa shape index (κ1) is 15.7. The maximum Gasteiger partial charge on any atom is 0.201 e. The Bertz CT molecular complexity index is 636. The first-order valence-electron chi connectivity index (χ1n) is 6.47. The molecule has 0 aliphatic heterocycles. The molecule has 21 heavy (non-hydrogen) atoms. The predicted molar refractivity (Wildman–Crippen MR) is 89.9 cm³/mol. The normalized spacial score (nSPS) is 11.3. The fourth-order valence-electron chi connectivity index (χ4n) is 1.73. The maximum absolute atomic E-state index is 12.6. The number of allylic oxidation sites excluding steroid dienone is 1. The first-order chi connectivity index (χ1) is 10.1. The molecule has 0 aliphatic rings. The summed E-state index contributed by atoms with van der Waals surface area (Å²) in [5.74, 6) is 0.0178. The van der Waals surface area contributed by atoms with Crippen molar-refractivity contribution in [3.63, 3.8) is 0 Å². The van der Waals surface area contributed by atoms with E-state index in [1.165, 1.54) is 11.8 Å². The number of thioether (sulfide) groups is 1. The molecule has 0 unspecified atom stereocenters. The maximum atomic E-state index is 12.6. The van der Waals surface area contributed by atoms with E-state index in [0.717, 1.165) is 4.90 Å². The van der Waals surface area contributed by atoms with Gasteiger partial charge in [-0.05, 0) is 24.3 Å². The van der Waals surface area contributed by atoms with Crippen molar-refractivity contribution < 1.29 is 4.79 Å². The van der Waals surface area contributed by atoms with E-state index in [-0.39, 0.29) is 5.78 Å². The Balaban J connectivity index is 2.27. The van der Waals surface area contributed by atoms with Gasteiger partial charge in [-0.2, -0.15) is 0 Å². The number of nitrogens with zero attached hydrogens (tertiary/aromatic N) is 1. The van der Waals surface area contributed by atoms with Gasteiger partial charge in [-0.25, -0.2) is 0 Å². The quantitative estimate of drug-likeness (QED) is 0.452. The molecule has 2 aromatic rings. The monoisotopic (exact) mass is 317 g/mol. The molecule has 0 atom stereocenters. The van der Waals surface area contributed by atoms with Crippen LogP contribution in [0.25, 0.3) is 0 Å². The molecule has 0 aliphatic carbocycles. The third-order valence-corrected chi connectivity index (χ3v) is 3.95. The molecule has 0 bridgehead atoms. The molecule has 2 nitrogen and oxygen atoms in total. The number of rotatable bonds is 5. The van der Waals surface area contributed by atoms with Crippen molar-refractivity contribution in [1.29, 1.82) is 0 Å². The summed E-state index contributed by atoms with van der Waals surface area (Å²) >= 11 is 7.33. The fourth-order valence-corrected chi connectivity index (χ4v) is 2.85. The summed E-state index contributed by atoms with van der Waals surface area (Å²) in [5.41, 5.74) is 0.687. The van der Waals surface area contributed by atoms with Gasteiger partial charge in [0.25, 0.3) is 0 Å². The lowest BCUT2D eigenvalue weighted by Crippen LogP contribution is -2.08. The van der Waals surface area contributed by atoms with E-state index in [1.54, 1.807) is 0 Å². The van der Waals surface area contributed by atoms with Gasteiger partial charge in [0.1, 0.15) is 0 Å². The molecule has 0 saturated carbocycles. The van der Waals surface area contributed by atoms with Crippen molar-refractivity contribution >= 4 is 29.1 Å². The van der Waals surface area contributed by atoms with E-state index in [1.807, 2.05) is 79.8 Å². The number of halogens is 1. The number of ketones is 1. The van der Waals surface area contributed by atoms with Crippen LogP contribution in [0.5, 0.6) is 0 Å². The largest absolute Gasteiger partial charge is 0.382 e. The van der Waals surface area contributed by atoms with Crippen LogP contribution in [0.4, 0.5) is 0 Å². The molecule has 4 heteroatoms. The lowest BCUT2D eigenvalue weighted by molar-refractivity contribution is 0.104. The molecule has 0 fully saturated rings. The third-order valence-electron chi connectivity index (χ3n) is 2.68. The molecule has 0 spiro atoms. The van der Waals surface area contributed by atoms with Gasteiger partial charge in [-0.15, -0.1) is 0 Å². The van der Waals surface area contributed by atoms with Gasteiger partial charge in [-0.3, -0.25) is 4.79 Å². The molecule has 0 radical (unpaired) electrons. The van der Waals surface area contributed by atoms with Crippen LogP contribution in [0.2, 0.25) is 5.02 Å². The van der Waals surface area contributed by atoms with Crippen molar-refractivity contribution in [2.75, 3.05) is 14.1 Å². The Labute approximate surface area is 134 Å². The SMILES string of the molecule is CN(C)/C=C(\Sc1ccc(Cl)cc1)C(=O)c1ccccc1. The molecule has 0 saturated heterocycles. The van der Waals surface area contributed by atoms with Gasteiger partial charge in [-0.1, -0.05) is 53.7 Å². The van der Waals surface area contributed by atoms with E-state index in [4.69, 9.17) is 11.6 Å². The average Bonchev–Trinajstić information content (AvgIpc) is 2.48. The van der Waals surface area contributed by atoms with Gasteiger partial charge in [0.05, 0.1) is 4.91 Å². The topological polar surface area (TPSA) is 20.3 Å². The predicted octanol–water partition coefficient (Wildman–Crippen LogP) is 4.72. The smallest absolute Gasteiger partial charge is 0.201 e. The highest BCUT2D eigenvalue weighted by Gasteiger charge is 2.14. The summed E-state index contributed by atoms with van der Waals surface area (Å²) in [6.07, 6.45) is 1.84. The molecule has 0 amide bonds. The zero-order chi connectivity index (χ0) is 15.2. The van der Waals surface area contributed by atoms with Crippen molar-refractivity contribution in [1.82, 2.24) is 4.90 Å². The van der Waals surface area contributed by atoms with Crippen molar-refractivity contribution in [2.45, 2.75) is 4.90 Å². The summed E-state index contributed by atoms with van der Waals surface area (Å²) in [6, 6.07) is 16.8. The molecular formula is C17H16ClNOS. The van der Waals surface area contributed by atoms with Gasteiger partial charge in [0.2, 0.25) is 5.78 Å². The van der Waals surface area contributed by atoms with Crippen molar-refractivity contribution in [2.24, 2.45) is 0 Å². The van der Waals surface area contributed by atoms with Crippen molar-refractivity contribution in [3.05, 3.63) is 76.3 Å². The molecule has 108 valence electrons. The summed E-state index contributed by atoms with van der Waals surface area (Å²) in [7, 11) is 3.81.